The first-order valence-electron chi connectivity index (χ1n) is 7.86. The summed E-state index contributed by atoms with van der Waals surface area (Å²) >= 11 is 11.9. The highest BCUT2D eigenvalue weighted by molar-refractivity contribution is 6.30. The fourth-order valence-corrected chi connectivity index (χ4v) is 3.05. The van der Waals surface area contributed by atoms with E-state index in [1.165, 1.54) is 4.57 Å². The summed E-state index contributed by atoms with van der Waals surface area (Å²) in [5.41, 5.74) is 2.18. The smallest absolute Gasteiger partial charge is 0.269 e. The third-order valence-electron chi connectivity index (χ3n) is 4.03. The van der Waals surface area contributed by atoms with Crippen LogP contribution in [-0.2, 0) is 6.54 Å². The Morgan fingerprint density at radius 1 is 0.962 bits per heavy atom. The van der Waals surface area contributed by atoms with Gasteiger partial charge in [0.2, 0.25) is 0 Å². The molecule has 2 aromatic carbocycles. The molecule has 0 saturated carbocycles. The van der Waals surface area contributed by atoms with Gasteiger partial charge in [-0.3, -0.25) is 4.79 Å². The molecule has 6 heteroatoms. The van der Waals surface area contributed by atoms with Gasteiger partial charge < -0.3 is 9.67 Å². The zero-order valence-corrected chi connectivity index (χ0v) is 15.1. The normalized spacial score (nSPS) is 10.5. The molecule has 3 aromatic rings. The highest BCUT2D eigenvalue weighted by Crippen LogP contribution is 2.29. The number of pyridine rings is 1. The maximum Gasteiger partial charge on any atom is 0.269 e. The molecular formula is C20H14Cl2N2O2. The number of aliphatic hydroxyl groups excluding tert-OH is 1. The minimum atomic E-state index is -0.445. The Labute approximate surface area is 160 Å². The molecule has 0 bridgehead atoms. The molecule has 1 heterocycles. The molecule has 3 rings (SSSR count). The van der Waals surface area contributed by atoms with Crippen molar-refractivity contribution < 1.29 is 5.11 Å². The summed E-state index contributed by atoms with van der Waals surface area (Å²) in [7, 11) is 0. The molecule has 0 aliphatic rings. The molecule has 0 unspecified atom stereocenters. The fraction of sp³-hybridized carbons (Fsp3) is 0.100. The van der Waals surface area contributed by atoms with Gasteiger partial charge in [0, 0.05) is 22.2 Å². The number of hydrogen-bond donors (Lipinski definition) is 1. The van der Waals surface area contributed by atoms with Crippen molar-refractivity contribution in [2.24, 2.45) is 0 Å². The Hall–Kier alpha value is -2.58. The van der Waals surface area contributed by atoms with Gasteiger partial charge in [-0.15, -0.1) is 0 Å². The lowest BCUT2D eigenvalue weighted by Crippen LogP contribution is -2.26. The Kier molecular flexibility index (Phi) is 5.43. The quantitative estimate of drug-likeness (QED) is 0.726. The molecule has 26 heavy (non-hydrogen) atoms. The minimum absolute atomic E-state index is 0.0264. The number of nitrogens with zero attached hydrogens (tertiary/aromatic N) is 2. The van der Waals surface area contributed by atoms with Gasteiger partial charge in [0.05, 0.1) is 12.3 Å². The summed E-state index contributed by atoms with van der Waals surface area (Å²) < 4.78 is 1.40. The predicted octanol–water partition coefficient (Wildman–Crippen LogP) is 4.35. The summed E-state index contributed by atoms with van der Waals surface area (Å²) in [6.45, 7) is -0.127. The summed E-state index contributed by atoms with van der Waals surface area (Å²) in [6, 6.07) is 17.8. The number of nitriles is 1. The van der Waals surface area contributed by atoms with Crippen LogP contribution in [0.15, 0.2) is 59.4 Å². The van der Waals surface area contributed by atoms with Crippen LogP contribution in [-0.4, -0.2) is 16.3 Å². The van der Waals surface area contributed by atoms with Crippen molar-refractivity contribution in [1.82, 2.24) is 4.57 Å². The molecule has 0 aliphatic heterocycles. The first kappa shape index (κ1) is 18.2. The largest absolute Gasteiger partial charge is 0.395 e. The first-order chi connectivity index (χ1) is 12.5. The van der Waals surface area contributed by atoms with E-state index in [-0.39, 0.29) is 18.7 Å². The van der Waals surface area contributed by atoms with E-state index in [1.54, 1.807) is 54.6 Å². The fourth-order valence-electron chi connectivity index (χ4n) is 2.79. The number of halogens is 2. The van der Waals surface area contributed by atoms with Gasteiger partial charge in [-0.05, 0) is 41.5 Å². The molecule has 1 N–H and O–H groups in total. The van der Waals surface area contributed by atoms with Gasteiger partial charge in [0.1, 0.15) is 11.6 Å². The van der Waals surface area contributed by atoms with Crippen molar-refractivity contribution in [2.75, 3.05) is 6.61 Å². The molecule has 130 valence electrons. The van der Waals surface area contributed by atoms with Gasteiger partial charge in [-0.2, -0.15) is 5.26 Å². The second kappa shape index (κ2) is 7.76. The summed E-state index contributed by atoms with van der Waals surface area (Å²) in [5, 5.41) is 20.0. The molecule has 0 amide bonds. The monoisotopic (exact) mass is 384 g/mol. The summed E-state index contributed by atoms with van der Waals surface area (Å²) in [5.74, 6) is 0. The molecule has 0 atom stereocenters. The van der Waals surface area contributed by atoms with E-state index in [1.807, 2.05) is 6.07 Å². The van der Waals surface area contributed by atoms with Crippen LogP contribution in [0, 0.1) is 11.3 Å². The van der Waals surface area contributed by atoms with E-state index in [4.69, 9.17) is 23.2 Å². The van der Waals surface area contributed by atoms with Gasteiger partial charge in [0.25, 0.3) is 5.56 Å². The second-order valence-electron chi connectivity index (χ2n) is 5.62. The van der Waals surface area contributed by atoms with Crippen LogP contribution in [0.3, 0.4) is 0 Å². The van der Waals surface area contributed by atoms with Crippen molar-refractivity contribution in [3.8, 4) is 28.5 Å². The van der Waals surface area contributed by atoms with Crippen LogP contribution in [0.25, 0.3) is 22.4 Å². The van der Waals surface area contributed by atoms with Gasteiger partial charge in [0.15, 0.2) is 0 Å². The van der Waals surface area contributed by atoms with E-state index in [9.17, 15) is 15.2 Å². The third kappa shape index (κ3) is 3.51. The standard InChI is InChI=1S/C20H14Cl2N2O2/c21-15-5-1-13(2-6-15)17-11-19(14-3-7-16(22)8-4-14)24(9-10-25)20(26)18(17)12-23/h1-8,11,25H,9-10H2. The molecule has 0 spiro atoms. The molecule has 0 aliphatic carbocycles. The van der Waals surface area contributed by atoms with Crippen LogP contribution in [0.2, 0.25) is 10.0 Å². The molecule has 0 saturated heterocycles. The SMILES string of the molecule is N#Cc1c(-c2ccc(Cl)cc2)cc(-c2ccc(Cl)cc2)n(CCO)c1=O. The van der Waals surface area contributed by atoms with Gasteiger partial charge >= 0.3 is 0 Å². The molecule has 0 radical (unpaired) electrons. The second-order valence-corrected chi connectivity index (χ2v) is 6.50. The Bertz CT molecular complexity index is 1030. The molecular weight excluding hydrogens is 371 g/mol. The summed E-state index contributed by atoms with van der Waals surface area (Å²) in [4.78, 5) is 12.9. The number of benzene rings is 2. The lowest BCUT2D eigenvalue weighted by atomic mass is 9.98. The number of aliphatic hydroxyl groups is 1. The minimum Gasteiger partial charge on any atom is -0.395 e. The topological polar surface area (TPSA) is 66.0 Å². The van der Waals surface area contributed by atoms with Gasteiger partial charge in [-0.1, -0.05) is 47.5 Å². The van der Waals surface area contributed by atoms with Crippen LogP contribution >= 0.6 is 23.2 Å². The van der Waals surface area contributed by atoms with Crippen LogP contribution in [0.4, 0.5) is 0 Å². The highest BCUT2D eigenvalue weighted by Gasteiger charge is 2.17. The van der Waals surface area contributed by atoms with E-state index in [0.29, 0.717) is 21.3 Å². The van der Waals surface area contributed by atoms with Crippen LogP contribution in [0.1, 0.15) is 5.56 Å². The lowest BCUT2D eigenvalue weighted by Gasteiger charge is -2.16. The third-order valence-corrected chi connectivity index (χ3v) is 4.53. The van der Waals surface area contributed by atoms with Crippen LogP contribution < -0.4 is 5.56 Å². The molecule has 4 nitrogen and oxygen atoms in total. The van der Waals surface area contributed by atoms with Crippen molar-refractivity contribution in [3.63, 3.8) is 0 Å². The van der Waals surface area contributed by atoms with Crippen molar-refractivity contribution in [1.29, 1.82) is 5.26 Å². The zero-order valence-electron chi connectivity index (χ0n) is 13.6. The molecule has 0 fully saturated rings. The summed E-state index contributed by atoms with van der Waals surface area (Å²) in [6.07, 6.45) is 0. The van der Waals surface area contributed by atoms with E-state index in [2.05, 4.69) is 0 Å². The van der Waals surface area contributed by atoms with Crippen molar-refractivity contribution in [2.45, 2.75) is 6.54 Å². The number of aromatic nitrogens is 1. The predicted molar refractivity (Wildman–Crippen MR) is 103 cm³/mol. The maximum atomic E-state index is 12.9. The first-order valence-corrected chi connectivity index (χ1v) is 8.61. The van der Waals surface area contributed by atoms with E-state index < -0.39 is 5.56 Å². The Balaban J connectivity index is 2.32. The van der Waals surface area contributed by atoms with E-state index >= 15 is 0 Å². The Morgan fingerprint density at radius 2 is 1.50 bits per heavy atom. The average Bonchev–Trinajstić information content (AvgIpc) is 2.65. The van der Waals surface area contributed by atoms with Gasteiger partial charge in [-0.25, -0.2) is 0 Å². The average molecular weight is 385 g/mol. The zero-order chi connectivity index (χ0) is 18.7. The molecule has 1 aromatic heterocycles. The number of rotatable bonds is 4. The number of hydrogen-bond acceptors (Lipinski definition) is 3. The lowest BCUT2D eigenvalue weighted by molar-refractivity contribution is 0.275. The van der Waals surface area contributed by atoms with Crippen molar-refractivity contribution in [3.05, 3.63) is 80.6 Å². The maximum absolute atomic E-state index is 12.9. The van der Waals surface area contributed by atoms with E-state index in [0.717, 1.165) is 11.1 Å². The van der Waals surface area contributed by atoms with Crippen molar-refractivity contribution >= 4 is 23.2 Å². The van der Waals surface area contributed by atoms with Crippen LogP contribution in [0.5, 0.6) is 0 Å². The Morgan fingerprint density at radius 3 is 2.00 bits per heavy atom. The highest BCUT2D eigenvalue weighted by atomic mass is 35.5.